The van der Waals surface area contributed by atoms with Gasteiger partial charge in [0.15, 0.2) is 5.84 Å². The number of aromatic nitrogens is 1. The minimum absolute atomic E-state index is 0.00883. The lowest BCUT2D eigenvalue weighted by Gasteiger charge is -2.28. The number of pyridine rings is 1. The minimum Gasteiger partial charge on any atom is -0.409 e. The highest BCUT2D eigenvalue weighted by Gasteiger charge is 2.11. The molecule has 1 rings (SSSR count). The van der Waals surface area contributed by atoms with Crippen molar-refractivity contribution in [3.63, 3.8) is 0 Å². The fourth-order valence-electron chi connectivity index (χ4n) is 1.63. The highest BCUT2D eigenvalue weighted by molar-refractivity contribution is 5.95. The van der Waals surface area contributed by atoms with Crippen LogP contribution >= 0.6 is 0 Å². The molecule has 6 heteroatoms. The van der Waals surface area contributed by atoms with Gasteiger partial charge in [-0.15, -0.1) is 0 Å². The van der Waals surface area contributed by atoms with Gasteiger partial charge in [0.05, 0.1) is 18.5 Å². The first-order valence-electron chi connectivity index (χ1n) is 5.79. The van der Waals surface area contributed by atoms with Crippen LogP contribution in [0, 0.1) is 0 Å². The van der Waals surface area contributed by atoms with Crippen molar-refractivity contribution in [1.29, 1.82) is 0 Å². The van der Waals surface area contributed by atoms with Crippen LogP contribution < -0.4 is 10.6 Å². The van der Waals surface area contributed by atoms with E-state index in [2.05, 4.69) is 28.9 Å². The molecule has 0 radical (unpaired) electrons. The average molecular weight is 252 g/mol. The third-order valence-electron chi connectivity index (χ3n) is 2.61. The normalized spacial score (nSPS) is 11.9. The summed E-state index contributed by atoms with van der Waals surface area (Å²) in [7, 11) is 1.68. The first kappa shape index (κ1) is 14.2. The maximum Gasteiger partial charge on any atom is 0.188 e. The van der Waals surface area contributed by atoms with E-state index in [1.807, 2.05) is 6.07 Å². The third kappa shape index (κ3) is 3.59. The summed E-state index contributed by atoms with van der Waals surface area (Å²) in [5, 5.41) is 11.5. The summed E-state index contributed by atoms with van der Waals surface area (Å²) in [4.78, 5) is 6.34. The molecule has 0 unspecified atom stereocenters. The van der Waals surface area contributed by atoms with Crippen LogP contribution in [0.5, 0.6) is 0 Å². The molecule has 1 aromatic rings. The Hall–Kier alpha value is -1.82. The fourth-order valence-corrected chi connectivity index (χ4v) is 1.63. The molecule has 3 N–H and O–H groups in total. The number of rotatable bonds is 6. The Kier molecular flexibility index (Phi) is 5.38. The fraction of sp³-hybridized carbons (Fsp3) is 0.500. The Balaban J connectivity index is 2.86. The van der Waals surface area contributed by atoms with Crippen molar-refractivity contribution in [3.8, 4) is 0 Å². The van der Waals surface area contributed by atoms with Crippen molar-refractivity contribution in [2.45, 2.75) is 19.9 Å². The van der Waals surface area contributed by atoms with E-state index in [4.69, 9.17) is 15.7 Å². The molecule has 0 bridgehead atoms. The zero-order valence-electron chi connectivity index (χ0n) is 11.0. The Labute approximate surface area is 107 Å². The van der Waals surface area contributed by atoms with Crippen LogP contribution in [0.25, 0.3) is 0 Å². The zero-order chi connectivity index (χ0) is 13.5. The molecule has 18 heavy (non-hydrogen) atoms. The van der Waals surface area contributed by atoms with Crippen molar-refractivity contribution in [2.75, 3.05) is 25.2 Å². The van der Waals surface area contributed by atoms with E-state index in [1.165, 1.54) is 0 Å². The van der Waals surface area contributed by atoms with Gasteiger partial charge in [0, 0.05) is 19.7 Å². The molecule has 6 nitrogen and oxygen atoms in total. The lowest BCUT2D eigenvalue weighted by molar-refractivity contribution is 0.204. The monoisotopic (exact) mass is 252 g/mol. The van der Waals surface area contributed by atoms with Gasteiger partial charge >= 0.3 is 0 Å². The minimum atomic E-state index is 0.00883. The molecule has 0 saturated heterocycles. The number of amidine groups is 1. The van der Waals surface area contributed by atoms with Crippen LogP contribution in [0.2, 0.25) is 0 Å². The van der Waals surface area contributed by atoms with Gasteiger partial charge in [-0.25, -0.2) is 0 Å². The SMILES string of the molecule is COCCN(c1ccc(/C(N)=N/O)nc1)C(C)C. The second-order valence-electron chi connectivity index (χ2n) is 4.17. The standard InChI is InChI=1S/C12H20N4O2/c1-9(2)16(6-7-18-3)10-4-5-11(14-8-10)12(13)15-17/h4-5,8-9,17H,6-7H2,1-3H3,(H2,13,15). The van der Waals surface area contributed by atoms with Crippen LogP contribution in [0.3, 0.4) is 0 Å². The van der Waals surface area contributed by atoms with Gasteiger partial charge in [0.2, 0.25) is 0 Å². The van der Waals surface area contributed by atoms with Crippen LogP contribution in [0.15, 0.2) is 23.5 Å². The third-order valence-corrected chi connectivity index (χ3v) is 2.61. The highest BCUT2D eigenvalue weighted by atomic mass is 16.5. The molecular weight excluding hydrogens is 232 g/mol. The summed E-state index contributed by atoms with van der Waals surface area (Å²) in [6.45, 7) is 5.65. The summed E-state index contributed by atoms with van der Waals surface area (Å²) in [6.07, 6.45) is 1.71. The molecule has 0 aliphatic rings. The number of hydrogen-bond donors (Lipinski definition) is 2. The smallest absolute Gasteiger partial charge is 0.188 e. The molecule has 0 aliphatic carbocycles. The Bertz CT molecular complexity index is 390. The topological polar surface area (TPSA) is 84.0 Å². The first-order chi connectivity index (χ1) is 8.60. The molecule has 0 saturated carbocycles. The van der Waals surface area contributed by atoms with E-state index in [1.54, 1.807) is 19.4 Å². The molecular formula is C12H20N4O2. The van der Waals surface area contributed by atoms with E-state index in [9.17, 15) is 0 Å². The van der Waals surface area contributed by atoms with Gasteiger partial charge in [0.1, 0.15) is 5.69 Å². The Morgan fingerprint density at radius 3 is 2.72 bits per heavy atom. The van der Waals surface area contributed by atoms with Crippen LogP contribution in [0.4, 0.5) is 5.69 Å². The van der Waals surface area contributed by atoms with Gasteiger partial charge in [0.25, 0.3) is 0 Å². The summed E-state index contributed by atoms with van der Waals surface area (Å²) < 4.78 is 5.09. The molecule has 0 fully saturated rings. The zero-order valence-corrected chi connectivity index (χ0v) is 11.0. The lowest BCUT2D eigenvalue weighted by atomic mass is 10.2. The summed E-state index contributed by atoms with van der Waals surface area (Å²) >= 11 is 0. The molecule has 1 aromatic heterocycles. The van der Waals surface area contributed by atoms with Gasteiger partial charge in [-0.3, -0.25) is 4.98 Å². The number of hydrogen-bond acceptors (Lipinski definition) is 5. The van der Waals surface area contributed by atoms with Gasteiger partial charge in [-0.1, -0.05) is 5.16 Å². The molecule has 100 valence electrons. The average Bonchev–Trinajstić information content (AvgIpc) is 2.38. The van der Waals surface area contributed by atoms with Crippen LogP contribution in [-0.4, -0.2) is 42.3 Å². The predicted octanol–water partition coefficient (Wildman–Crippen LogP) is 1.04. The molecule has 0 amide bonds. The summed E-state index contributed by atoms with van der Waals surface area (Å²) in [5.41, 5.74) is 6.90. The number of oxime groups is 1. The number of anilines is 1. The van der Waals surface area contributed by atoms with Gasteiger partial charge in [-0.05, 0) is 26.0 Å². The Morgan fingerprint density at radius 1 is 1.56 bits per heavy atom. The van der Waals surface area contributed by atoms with Crippen molar-refractivity contribution >= 4 is 11.5 Å². The maximum absolute atomic E-state index is 8.57. The molecule has 0 aliphatic heterocycles. The summed E-state index contributed by atoms with van der Waals surface area (Å²) in [6, 6.07) is 3.97. The van der Waals surface area contributed by atoms with Crippen molar-refractivity contribution in [2.24, 2.45) is 10.9 Å². The van der Waals surface area contributed by atoms with E-state index in [0.29, 0.717) is 18.3 Å². The summed E-state index contributed by atoms with van der Waals surface area (Å²) in [5.74, 6) is 0.00883. The Morgan fingerprint density at radius 2 is 2.28 bits per heavy atom. The van der Waals surface area contributed by atoms with E-state index >= 15 is 0 Å². The van der Waals surface area contributed by atoms with Gasteiger partial charge < -0.3 is 20.6 Å². The van der Waals surface area contributed by atoms with Gasteiger partial charge in [-0.2, -0.15) is 0 Å². The quantitative estimate of drug-likeness (QED) is 0.342. The maximum atomic E-state index is 8.57. The van der Waals surface area contributed by atoms with Crippen LogP contribution in [0.1, 0.15) is 19.5 Å². The second kappa shape index (κ2) is 6.80. The predicted molar refractivity (Wildman–Crippen MR) is 71.1 cm³/mol. The van der Waals surface area contributed by atoms with Crippen LogP contribution in [-0.2, 0) is 4.74 Å². The number of nitrogens with two attached hydrogens (primary N) is 1. The number of methoxy groups -OCH3 is 1. The number of ether oxygens (including phenoxy) is 1. The molecule has 0 atom stereocenters. The first-order valence-corrected chi connectivity index (χ1v) is 5.79. The molecule has 0 aromatic carbocycles. The molecule has 1 heterocycles. The van der Waals surface area contributed by atoms with E-state index in [-0.39, 0.29) is 5.84 Å². The molecule has 0 spiro atoms. The van der Waals surface area contributed by atoms with Crippen molar-refractivity contribution < 1.29 is 9.94 Å². The van der Waals surface area contributed by atoms with E-state index < -0.39 is 0 Å². The van der Waals surface area contributed by atoms with Crippen molar-refractivity contribution in [3.05, 3.63) is 24.0 Å². The highest BCUT2D eigenvalue weighted by Crippen LogP contribution is 2.15. The largest absolute Gasteiger partial charge is 0.409 e. The second-order valence-corrected chi connectivity index (χ2v) is 4.17. The lowest BCUT2D eigenvalue weighted by Crippen LogP contribution is -2.34. The van der Waals surface area contributed by atoms with E-state index in [0.717, 1.165) is 12.2 Å². The number of nitrogens with zero attached hydrogens (tertiary/aromatic N) is 3. The van der Waals surface area contributed by atoms with Crippen molar-refractivity contribution in [1.82, 2.24) is 4.98 Å².